The van der Waals surface area contributed by atoms with Crippen molar-refractivity contribution in [3.63, 3.8) is 0 Å². The molecule has 1 N–H and O–H groups in total. The molecule has 0 fully saturated rings. The first-order valence-corrected chi connectivity index (χ1v) is 9.21. The maximum Gasteiger partial charge on any atom is 0.307 e. The Bertz CT molecular complexity index is 1020. The van der Waals surface area contributed by atoms with E-state index in [1.54, 1.807) is 18.6 Å². The number of nitrogens with zero attached hydrogens (tertiary/aromatic N) is 2. The molecule has 1 aliphatic rings. The lowest BCUT2D eigenvalue weighted by atomic mass is 9.83. The highest BCUT2D eigenvalue weighted by Crippen LogP contribution is 2.44. The SMILES string of the molecule is CC(C)(C)OC(=O)CC1c2ccc(-n3ccnc3)cc2Nc2ccc(F)cc21. The molecule has 144 valence electrons. The normalized spacial score (nSPS) is 15.4. The standard InChI is InChI=1S/C22H22FN3O2/c1-22(2,3)28-21(27)12-17-16-6-5-15(26-9-8-24-13-26)11-20(16)25-19-7-4-14(23)10-18(17)19/h4-11,13,17,25H,12H2,1-3H3. The number of benzene rings is 2. The van der Waals surface area contributed by atoms with Crippen LogP contribution in [0.25, 0.3) is 5.69 Å². The zero-order valence-electron chi connectivity index (χ0n) is 16.1. The van der Waals surface area contributed by atoms with Gasteiger partial charge >= 0.3 is 5.97 Å². The first kappa shape index (κ1) is 18.2. The Morgan fingerprint density at radius 3 is 2.71 bits per heavy atom. The number of anilines is 2. The van der Waals surface area contributed by atoms with Crippen molar-refractivity contribution < 1.29 is 13.9 Å². The van der Waals surface area contributed by atoms with Crippen molar-refractivity contribution in [2.24, 2.45) is 0 Å². The third kappa shape index (κ3) is 3.63. The molecular weight excluding hydrogens is 357 g/mol. The average molecular weight is 379 g/mol. The lowest BCUT2D eigenvalue weighted by molar-refractivity contribution is -0.155. The van der Waals surface area contributed by atoms with Gasteiger partial charge in [-0.05, 0) is 62.2 Å². The molecule has 0 amide bonds. The third-order valence-corrected chi connectivity index (χ3v) is 4.66. The quantitative estimate of drug-likeness (QED) is 0.656. The molecule has 2 heterocycles. The van der Waals surface area contributed by atoms with Gasteiger partial charge in [0.2, 0.25) is 0 Å². The smallest absolute Gasteiger partial charge is 0.307 e. The van der Waals surface area contributed by atoms with E-state index < -0.39 is 5.60 Å². The minimum Gasteiger partial charge on any atom is -0.460 e. The van der Waals surface area contributed by atoms with Crippen molar-refractivity contribution >= 4 is 17.3 Å². The Labute approximate surface area is 163 Å². The number of hydrogen-bond acceptors (Lipinski definition) is 4. The highest BCUT2D eigenvalue weighted by Gasteiger charge is 2.30. The Balaban J connectivity index is 1.74. The van der Waals surface area contributed by atoms with Crippen LogP contribution in [0, 0.1) is 5.82 Å². The first-order chi connectivity index (χ1) is 13.3. The monoisotopic (exact) mass is 379 g/mol. The summed E-state index contributed by atoms with van der Waals surface area (Å²) in [6, 6.07) is 10.6. The number of fused-ring (bicyclic) bond motifs is 2. The number of carbonyl (C=O) groups is 1. The van der Waals surface area contributed by atoms with Crippen LogP contribution in [0.15, 0.2) is 55.1 Å². The van der Waals surface area contributed by atoms with Crippen LogP contribution in [0.1, 0.15) is 44.2 Å². The van der Waals surface area contributed by atoms with Crippen LogP contribution in [0.2, 0.25) is 0 Å². The minimum atomic E-state index is -0.567. The summed E-state index contributed by atoms with van der Waals surface area (Å²) in [5, 5.41) is 3.37. The molecule has 0 saturated carbocycles. The maximum absolute atomic E-state index is 13.9. The Morgan fingerprint density at radius 1 is 1.18 bits per heavy atom. The summed E-state index contributed by atoms with van der Waals surface area (Å²) >= 11 is 0. The lowest BCUT2D eigenvalue weighted by Crippen LogP contribution is -2.26. The van der Waals surface area contributed by atoms with Gasteiger partial charge in [-0.15, -0.1) is 0 Å². The van der Waals surface area contributed by atoms with Gasteiger partial charge in [0.1, 0.15) is 11.4 Å². The van der Waals surface area contributed by atoms with E-state index in [0.717, 1.165) is 28.2 Å². The predicted octanol–water partition coefficient (Wildman–Crippen LogP) is 4.93. The number of aromatic nitrogens is 2. The van der Waals surface area contributed by atoms with E-state index in [2.05, 4.69) is 10.3 Å². The second-order valence-corrected chi connectivity index (χ2v) is 7.94. The van der Waals surface area contributed by atoms with Crippen molar-refractivity contribution in [1.29, 1.82) is 0 Å². The van der Waals surface area contributed by atoms with Crippen molar-refractivity contribution in [3.05, 3.63) is 72.1 Å². The van der Waals surface area contributed by atoms with Gasteiger partial charge in [-0.1, -0.05) is 6.07 Å². The third-order valence-electron chi connectivity index (χ3n) is 4.66. The number of carbonyl (C=O) groups excluding carboxylic acids is 1. The molecular formula is C22H22FN3O2. The zero-order chi connectivity index (χ0) is 19.9. The Kier molecular flexibility index (Phi) is 4.41. The number of nitrogens with one attached hydrogen (secondary N) is 1. The Hall–Kier alpha value is -3.15. The summed E-state index contributed by atoms with van der Waals surface area (Å²) in [6.45, 7) is 5.52. The van der Waals surface area contributed by atoms with Gasteiger partial charge in [0, 0.05) is 35.4 Å². The van der Waals surface area contributed by atoms with Gasteiger partial charge in [-0.25, -0.2) is 9.37 Å². The van der Waals surface area contributed by atoms with Crippen LogP contribution < -0.4 is 5.32 Å². The molecule has 4 rings (SSSR count). The van der Waals surface area contributed by atoms with Crippen molar-refractivity contribution in [2.75, 3.05) is 5.32 Å². The van der Waals surface area contributed by atoms with Crippen LogP contribution in [0.5, 0.6) is 0 Å². The number of halogens is 1. The van der Waals surface area contributed by atoms with E-state index in [9.17, 15) is 9.18 Å². The second-order valence-electron chi connectivity index (χ2n) is 7.94. The molecule has 1 unspecified atom stereocenters. The Morgan fingerprint density at radius 2 is 2.00 bits per heavy atom. The van der Waals surface area contributed by atoms with Crippen LogP contribution in [0.3, 0.4) is 0 Å². The fraction of sp³-hybridized carbons (Fsp3) is 0.273. The van der Waals surface area contributed by atoms with Crippen molar-refractivity contribution in [3.8, 4) is 5.69 Å². The number of ether oxygens (including phenoxy) is 1. The van der Waals surface area contributed by atoms with Crippen LogP contribution in [0.4, 0.5) is 15.8 Å². The first-order valence-electron chi connectivity index (χ1n) is 9.21. The molecule has 1 aliphatic heterocycles. The molecule has 28 heavy (non-hydrogen) atoms. The largest absolute Gasteiger partial charge is 0.460 e. The van der Waals surface area contributed by atoms with Gasteiger partial charge in [0.05, 0.1) is 12.7 Å². The lowest BCUT2D eigenvalue weighted by Gasteiger charge is -2.30. The van der Waals surface area contributed by atoms with E-state index in [-0.39, 0.29) is 24.1 Å². The molecule has 2 aromatic carbocycles. The van der Waals surface area contributed by atoms with E-state index in [1.165, 1.54) is 12.1 Å². The number of imidazole rings is 1. The summed E-state index contributed by atoms with van der Waals surface area (Å²) in [4.78, 5) is 16.6. The van der Waals surface area contributed by atoms with Crippen molar-refractivity contribution in [1.82, 2.24) is 9.55 Å². The molecule has 3 aromatic rings. The second kappa shape index (κ2) is 6.78. The van der Waals surface area contributed by atoms with E-state index in [1.807, 2.05) is 49.7 Å². The molecule has 0 aliphatic carbocycles. The summed E-state index contributed by atoms with van der Waals surface area (Å²) in [7, 11) is 0. The predicted molar refractivity (Wildman–Crippen MR) is 106 cm³/mol. The van der Waals surface area contributed by atoms with E-state index in [4.69, 9.17) is 4.74 Å². The maximum atomic E-state index is 13.9. The number of rotatable bonds is 3. The molecule has 6 heteroatoms. The van der Waals surface area contributed by atoms with E-state index in [0.29, 0.717) is 0 Å². The van der Waals surface area contributed by atoms with Gasteiger partial charge in [-0.3, -0.25) is 4.79 Å². The summed E-state index contributed by atoms with van der Waals surface area (Å²) in [5.74, 6) is -0.916. The molecule has 0 bridgehead atoms. The number of esters is 1. The molecule has 0 radical (unpaired) electrons. The summed E-state index contributed by atoms with van der Waals surface area (Å²) < 4.78 is 21.4. The summed E-state index contributed by atoms with van der Waals surface area (Å²) in [5.41, 5.74) is 3.76. The topological polar surface area (TPSA) is 56.2 Å². The molecule has 5 nitrogen and oxygen atoms in total. The summed E-state index contributed by atoms with van der Waals surface area (Å²) in [6.07, 6.45) is 5.46. The van der Waals surface area contributed by atoms with Crippen LogP contribution in [-0.2, 0) is 9.53 Å². The molecule has 0 saturated heterocycles. The number of hydrogen-bond donors (Lipinski definition) is 1. The van der Waals surface area contributed by atoms with Crippen LogP contribution >= 0.6 is 0 Å². The average Bonchev–Trinajstić information content (AvgIpc) is 3.14. The molecule has 0 spiro atoms. The zero-order valence-corrected chi connectivity index (χ0v) is 16.1. The van der Waals surface area contributed by atoms with Gasteiger partial charge in [0.25, 0.3) is 0 Å². The van der Waals surface area contributed by atoms with Gasteiger partial charge in [-0.2, -0.15) is 0 Å². The van der Waals surface area contributed by atoms with Gasteiger partial charge in [0.15, 0.2) is 0 Å². The highest BCUT2D eigenvalue weighted by molar-refractivity contribution is 5.79. The van der Waals surface area contributed by atoms with Crippen LogP contribution in [-0.4, -0.2) is 21.1 Å². The molecule has 1 aromatic heterocycles. The minimum absolute atomic E-state index is 0.146. The van der Waals surface area contributed by atoms with Gasteiger partial charge < -0.3 is 14.6 Å². The molecule has 1 atom stereocenters. The highest BCUT2D eigenvalue weighted by atomic mass is 19.1. The fourth-order valence-corrected chi connectivity index (χ4v) is 3.55. The van der Waals surface area contributed by atoms with E-state index >= 15 is 0 Å². The fourth-order valence-electron chi connectivity index (χ4n) is 3.55. The van der Waals surface area contributed by atoms with Crippen molar-refractivity contribution in [2.45, 2.75) is 38.7 Å².